The van der Waals surface area contributed by atoms with E-state index in [2.05, 4.69) is 17.2 Å². The average Bonchev–Trinajstić information content (AvgIpc) is 3.08. The number of nitrogens with zero attached hydrogens (tertiary/aromatic N) is 1. The number of hydrogen-bond acceptors (Lipinski definition) is 5. The summed E-state index contributed by atoms with van der Waals surface area (Å²) in [5.41, 5.74) is 4.20. The second kappa shape index (κ2) is 9.56. The summed E-state index contributed by atoms with van der Waals surface area (Å²) in [5, 5.41) is 3.48. The molecule has 1 amide bonds. The summed E-state index contributed by atoms with van der Waals surface area (Å²) in [6, 6.07) is 13.9. The Morgan fingerprint density at radius 3 is 2.55 bits per heavy atom. The van der Waals surface area contributed by atoms with Gasteiger partial charge in [0, 0.05) is 10.4 Å². The number of carbonyl (C=O) groups is 1. The topological polar surface area (TPSA) is 60.5 Å². The molecule has 0 saturated carbocycles. The molecule has 0 spiro atoms. The van der Waals surface area contributed by atoms with Gasteiger partial charge in [-0.15, -0.1) is 11.3 Å². The van der Waals surface area contributed by atoms with Gasteiger partial charge in [-0.05, 0) is 61.7 Å². The van der Waals surface area contributed by atoms with E-state index in [1.807, 2.05) is 56.3 Å². The van der Waals surface area contributed by atoms with Crippen molar-refractivity contribution in [2.45, 2.75) is 33.6 Å². The van der Waals surface area contributed by atoms with Crippen molar-refractivity contribution in [3.05, 3.63) is 58.5 Å². The Morgan fingerprint density at radius 1 is 1.14 bits per heavy atom. The van der Waals surface area contributed by atoms with Gasteiger partial charge < -0.3 is 14.8 Å². The molecule has 29 heavy (non-hydrogen) atoms. The van der Waals surface area contributed by atoms with Gasteiger partial charge in [-0.2, -0.15) is 0 Å². The molecule has 0 unspecified atom stereocenters. The molecule has 152 valence electrons. The quantitative estimate of drug-likeness (QED) is 0.540. The number of amides is 1. The largest absolute Gasteiger partial charge is 0.496 e. The van der Waals surface area contributed by atoms with Crippen LogP contribution in [-0.2, 0) is 11.2 Å². The molecule has 2 aromatic carbocycles. The maximum atomic E-state index is 12.3. The first-order valence-corrected chi connectivity index (χ1v) is 10.5. The number of ether oxygens (including phenoxy) is 2. The highest BCUT2D eigenvalue weighted by Gasteiger charge is 2.13. The highest BCUT2D eigenvalue weighted by Crippen LogP contribution is 2.32. The second-order valence-corrected chi connectivity index (χ2v) is 7.96. The van der Waals surface area contributed by atoms with E-state index in [-0.39, 0.29) is 12.3 Å². The van der Waals surface area contributed by atoms with Crippen molar-refractivity contribution in [1.82, 2.24) is 4.98 Å². The van der Waals surface area contributed by atoms with Gasteiger partial charge in [-0.25, -0.2) is 4.98 Å². The third kappa shape index (κ3) is 5.35. The molecular weight excluding hydrogens is 384 g/mol. The van der Waals surface area contributed by atoms with Gasteiger partial charge in [-0.1, -0.05) is 19.1 Å². The number of benzene rings is 2. The van der Waals surface area contributed by atoms with Crippen LogP contribution in [0.4, 0.5) is 5.13 Å². The summed E-state index contributed by atoms with van der Waals surface area (Å²) in [6.45, 7) is 6.45. The zero-order chi connectivity index (χ0) is 20.8. The van der Waals surface area contributed by atoms with Crippen molar-refractivity contribution in [3.8, 4) is 22.8 Å². The molecule has 0 saturated heterocycles. The zero-order valence-corrected chi connectivity index (χ0v) is 18.1. The Kier molecular flexibility index (Phi) is 6.88. The zero-order valence-electron chi connectivity index (χ0n) is 17.2. The second-order valence-electron chi connectivity index (χ2n) is 6.75. The van der Waals surface area contributed by atoms with E-state index in [0.717, 1.165) is 39.6 Å². The number of anilines is 1. The van der Waals surface area contributed by atoms with Crippen LogP contribution in [0.25, 0.3) is 11.3 Å². The molecule has 1 N–H and O–H groups in total. The van der Waals surface area contributed by atoms with E-state index in [1.165, 1.54) is 16.9 Å². The fourth-order valence-corrected chi connectivity index (χ4v) is 3.86. The van der Waals surface area contributed by atoms with Crippen molar-refractivity contribution in [1.29, 1.82) is 0 Å². The molecule has 1 heterocycles. The van der Waals surface area contributed by atoms with Crippen LogP contribution in [0.15, 0.2) is 42.5 Å². The van der Waals surface area contributed by atoms with Crippen LogP contribution < -0.4 is 14.8 Å². The summed E-state index contributed by atoms with van der Waals surface area (Å²) in [7, 11) is 1.66. The van der Waals surface area contributed by atoms with E-state index in [1.54, 1.807) is 7.11 Å². The molecule has 0 radical (unpaired) electrons. The SMILES string of the molecule is CCc1ccc(OCCC(=O)Nc2nc(-c3ccc(OC)c(C)c3)c(C)s2)cc1. The molecule has 0 atom stereocenters. The Morgan fingerprint density at radius 2 is 1.90 bits per heavy atom. The number of thiazole rings is 1. The Bertz CT molecular complexity index is 980. The minimum absolute atomic E-state index is 0.110. The highest BCUT2D eigenvalue weighted by atomic mass is 32.1. The van der Waals surface area contributed by atoms with Crippen molar-refractivity contribution in [2.75, 3.05) is 19.0 Å². The lowest BCUT2D eigenvalue weighted by Crippen LogP contribution is -2.15. The summed E-state index contributed by atoms with van der Waals surface area (Å²) in [6.07, 6.45) is 1.26. The van der Waals surface area contributed by atoms with Crippen LogP contribution in [0.1, 0.15) is 29.3 Å². The van der Waals surface area contributed by atoms with Crippen molar-refractivity contribution >= 4 is 22.4 Å². The summed E-state index contributed by atoms with van der Waals surface area (Å²) < 4.78 is 11.0. The molecular formula is C23H26N2O3S. The van der Waals surface area contributed by atoms with Crippen molar-refractivity contribution in [3.63, 3.8) is 0 Å². The first kappa shape index (κ1) is 20.9. The Labute approximate surface area is 175 Å². The number of aromatic nitrogens is 1. The van der Waals surface area contributed by atoms with Gasteiger partial charge in [0.1, 0.15) is 11.5 Å². The molecule has 1 aromatic heterocycles. The third-order valence-corrected chi connectivity index (χ3v) is 5.53. The van der Waals surface area contributed by atoms with Crippen molar-refractivity contribution < 1.29 is 14.3 Å². The van der Waals surface area contributed by atoms with Gasteiger partial charge in [0.2, 0.25) is 5.91 Å². The van der Waals surface area contributed by atoms with Gasteiger partial charge in [0.15, 0.2) is 5.13 Å². The van der Waals surface area contributed by atoms with Gasteiger partial charge in [-0.3, -0.25) is 4.79 Å². The lowest BCUT2D eigenvalue weighted by atomic mass is 10.1. The molecule has 0 aliphatic heterocycles. The Hall–Kier alpha value is -2.86. The number of methoxy groups -OCH3 is 1. The minimum Gasteiger partial charge on any atom is -0.496 e. The van der Waals surface area contributed by atoms with E-state index in [0.29, 0.717) is 11.7 Å². The predicted molar refractivity (Wildman–Crippen MR) is 118 cm³/mol. The predicted octanol–water partition coefficient (Wildman–Crippen LogP) is 5.41. The smallest absolute Gasteiger partial charge is 0.229 e. The lowest BCUT2D eigenvalue weighted by Gasteiger charge is -2.07. The van der Waals surface area contributed by atoms with Gasteiger partial charge >= 0.3 is 0 Å². The maximum absolute atomic E-state index is 12.3. The molecule has 6 heteroatoms. The summed E-state index contributed by atoms with van der Waals surface area (Å²) in [4.78, 5) is 17.9. The van der Waals surface area contributed by atoms with Crippen LogP contribution in [-0.4, -0.2) is 24.6 Å². The molecule has 0 aliphatic rings. The maximum Gasteiger partial charge on any atom is 0.229 e. The van der Waals surface area contributed by atoms with Crippen LogP contribution in [0, 0.1) is 13.8 Å². The summed E-state index contributed by atoms with van der Waals surface area (Å²) >= 11 is 1.47. The average molecular weight is 411 g/mol. The van der Waals surface area contributed by atoms with Crippen LogP contribution in [0.2, 0.25) is 0 Å². The molecule has 3 rings (SSSR count). The molecule has 3 aromatic rings. The number of aryl methyl sites for hydroxylation is 3. The third-order valence-electron chi connectivity index (χ3n) is 4.64. The molecule has 0 aliphatic carbocycles. The molecule has 0 bridgehead atoms. The fraction of sp³-hybridized carbons (Fsp3) is 0.304. The van der Waals surface area contributed by atoms with Gasteiger partial charge in [0.05, 0.1) is 25.8 Å². The monoisotopic (exact) mass is 410 g/mol. The van der Waals surface area contributed by atoms with Crippen LogP contribution in [0.3, 0.4) is 0 Å². The lowest BCUT2D eigenvalue weighted by molar-refractivity contribution is -0.116. The summed E-state index contributed by atoms with van der Waals surface area (Å²) in [5.74, 6) is 1.51. The number of nitrogens with one attached hydrogen (secondary N) is 1. The van der Waals surface area contributed by atoms with Gasteiger partial charge in [0.25, 0.3) is 0 Å². The number of hydrogen-bond donors (Lipinski definition) is 1. The van der Waals surface area contributed by atoms with Crippen LogP contribution in [0.5, 0.6) is 11.5 Å². The van der Waals surface area contributed by atoms with Crippen molar-refractivity contribution in [2.24, 2.45) is 0 Å². The fourth-order valence-electron chi connectivity index (χ4n) is 3.01. The van der Waals surface area contributed by atoms with E-state index < -0.39 is 0 Å². The first-order valence-electron chi connectivity index (χ1n) is 9.64. The molecule has 5 nitrogen and oxygen atoms in total. The number of carbonyl (C=O) groups excluding carboxylic acids is 1. The first-order chi connectivity index (χ1) is 14.0. The highest BCUT2D eigenvalue weighted by molar-refractivity contribution is 7.16. The number of rotatable bonds is 8. The Balaban J connectivity index is 1.57. The molecule has 0 fully saturated rings. The normalized spacial score (nSPS) is 10.6. The van der Waals surface area contributed by atoms with E-state index in [4.69, 9.17) is 9.47 Å². The minimum atomic E-state index is -0.110. The van der Waals surface area contributed by atoms with E-state index in [9.17, 15) is 4.79 Å². The van der Waals surface area contributed by atoms with Crippen LogP contribution >= 0.6 is 11.3 Å². The standard InChI is InChI=1S/C23H26N2O3S/c1-5-17-6-9-19(10-7-17)28-13-12-21(26)24-23-25-22(16(3)29-23)18-8-11-20(27-4)15(2)14-18/h6-11,14H,5,12-13H2,1-4H3,(H,24,25,26). The van der Waals surface area contributed by atoms with E-state index >= 15 is 0 Å².